The van der Waals surface area contributed by atoms with E-state index in [9.17, 15) is 4.79 Å². The highest BCUT2D eigenvalue weighted by Crippen LogP contribution is 2.25. The van der Waals surface area contributed by atoms with Gasteiger partial charge in [-0.2, -0.15) is 0 Å². The third kappa shape index (κ3) is 4.37. The van der Waals surface area contributed by atoms with Crippen molar-refractivity contribution in [3.63, 3.8) is 0 Å². The van der Waals surface area contributed by atoms with Crippen molar-refractivity contribution in [1.82, 2.24) is 4.98 Å². The van der Waals surface area contributed by atoms with Crippen molar-refractivity contribution < 1.29 is 4.79 Å². The van der Waals surface area contributed by atoms with Gasteiger partial charge in [-0.05, 0) is 80.6 Å². The fourth-order valence-electron chi connectivity index (χ4n) is 3.05. The van der Waals surface area contributed by atoms with E-state index >= 15 is 0 Å². The number of aromatic nitrogens is 1. The highest BCUT2D eigenvalue weighted by molar-refractivity contribution is 7.11. The van der Waals surface area contributed by atoms with Crippen LogP contribution in [0.1, 0.15) is 29.9 Å². The largest absolute Gasteiger partial charge is 0.357 e. The first-order valence-electron chi connectivity index (χ1n) is 9.21. The number of fused-ring (bicyclic) bond motifs is 1. The van der Waals surface area contributed by atoms with Crippen LogP contribution >= 0.6 is 11.3 Å². The summed E-state index contributed by atoms with van der Waals surface area (Å²) in [5.74, 6) is 0.864. The predicted molar refractivity (Wildman–Crippen MR) is 117 cm³/mol. The number of hydrogen-bond donors (Lipinski definition) is 1. The van der Waals surface area contributed by atoms with Gasteiger partial charge in [-0.25, -0.2) is 4.98 Å². The lowest BCUT2D eigenvalue weighted by Crippen LogP contribution is -2.23. The van der Waals surface area contributed by atoms with E-state index in [0.717, 1.165) is 45.9 Å². The van der Waals surface area contributed by atoms with Crippen LogP contribution in [0.15, 0.2) is 41.8 Å². The van der Waals surface area contributed by atoms with Crippen LogP contribution in [-0.4, -0.2) is 24.0 Å². The molecule has 0 bridgehead atoms. The number of anilines is 2. The van der Waals surface area contributed by atoms with Crippen LogP contribution in [0.3, 0.4) is 0 Å². The molecule has 0 radical (unpaired) electrons. The molecule has 0 saturated heterocycles. The smallest absolute Gasteiger partial charge is 0.248 e. The Hall–Kier alpha value is -2.66. The maximum Gasteiger partial charge on any atom is 0.248 e. The molecule has 2 heterocycles. The Balaban J connectivity index is 1.81. The Kier molecular flexibility index (Phi) is 5.91. The average molecular weight is 380 g/mol. The van der Waals surface area contributed by atoms with Crippen LogP contribution in [-0.2, 0) is 4.79 Å². The second-order valence-electron chi connectivity index (χ2n) is 6.49. The Bertz CT molecular complexity index is 986. The van der Waals surface area contributed by atoms with Gasteiger partial charge < -0.3 is 10.2 Å². The molecule has 0 atom stereocenters. The molecule has 1 amide bonds. The Morgan fingerprint density at radius 1 is 1.15 bits per heavy atom. The molecule has 2 aromatic heterocycles. The number of carbonyl (C=O) groups excluding carboxylic acids is 1. The molecule has 1 aromatic carbocycles. The number of nitrogens with zero attached hydrogens (tertiary/aromatic N) is 2. The van der Waals surface area contributed by atoms with E-state index in [1.807, 2.05) is 42.6 Å². The van der Waals surface area contributed by atoms with Gasteiger partial charge in [0.1, 0.15) is 5.82 Å². The van der Waals surface area contributed by atoms with Gasteiger partial charge in [-0.15, -0.1) is 11.3 Å². The predicted octanol–water partition coefficient (Wildman–Crippen LogP) is 5.41. The topological polar surface area (TPSA) is 45.2 Å². The number of amides is 1. The number of nitrogens with one attached hydrogen (secondary N) is 1. The van der Waals surface area contributed by atoms with Crippen molar-refractivity contribution in [3.05, 3.63) is 57.8 Å². The van der Waals surface area contributed by atoms with Crippen LogP contribution in [0.2, 0.25) is 0 Å². The zero-order chi connectivity index (χ0) is 19.4. The monoisotopic (exact) mass is 379 g/mol. The van der Waals surface area contributed by atoms with Crippen molar-refractivity contribution >= 4 is 45.7 Å². The summed E-state index contributed by atoms with van der Waals surface area (Å²) in [6.07, 6.45) is 3.44. The van der Waals surface area contributed by atoms with Crippen LogP contribution in [0, 0.1) is 13.8 Å². The molecule has 3 aromatic rings. The minimum Gasteiger partial charge on any atom is -0.357 e. The number of benzene rings is 1. The van der Waals surface area contributed by atoms with Crippen LogP contribution in [0.4, 0.5) is 11.5 Å². The maximum atomic E-state index is 12.2. The molecule has 27 heavy (non-hydrogen) atoms. The number of carbonyl (C=O) groups is 1. The summed E-state index contributed by atoms with van der Waals surface area (Å²) >= 11 is 1.63. The Labute approximate surface area is 164 Å². The number of aryl methyl sites for hydroxylation is 2. The summed E-state index contributed by atoms with van der Waals surface area (Å²) in [6, 6.07) is 10.0. The lowest BCUT2D eigenvalue weighted by atomic mass is 10.1. The van der Waals surface area contributed by atoms with E-state index in [-0.39, 0.29) is 5.91 Å². The number of pyridine rings is 1. The molecule has 3 rings (SSSR count). The number of hydrogen-bond acceptors (Lipinski definition) is 4. The van der Waals surface area contributed by atoms with E-state index in [0.29, 0.717) is 0 Å². The normalized spacial score (nSPS) is 11.3. The summed E-state index contributed by atoms with van der Waals surface area (Å²) in [7, 11) is 0. The van der Waals surface area contributed by atoms with Crippen molar-refractivity contribution in [1.29, 1.82) is 0 Å². The SMILES string of the molecule is CCN(CC)c1cc(C)c2cc(NC(=O)/C=C/c3sccc3C)ccc2n1. The van der Waals surface area contributed by atoms with E-state index in [1.54, 1.807) is 17.4 Å². The first-order chi connectivity index (χ1) is 13.0. The van der Waals surface area contributed by atoms with Gasteiger partial charge in [0.25, 0.3) is 0 Å². The summed E-state index contributed by atoms with van der Waals surface area (Å²) in [5, 5.41) is 6.03. The van der Waals surface area contributed by atoms with Gasteiger partial charge in [0.15, 0.2) is 0 Å². The van der Waals surface area contributed by atoms with Gasteiger partial charge in [0.05, 0.1) is 5.52 Å². The second-order valence-corrected chi connectivity index (χ2v) is 7.44. The molecular formula is C22H25N3OS. The summed E-state index contributed by atoms with van der Waals surface area (Å²) in [5.41, 5.74) is 4.06. The Morgan fingerprint density at radius 3 is 2.59 bits per heavy atom. The first-order valence-corrected chi connectivity index (χ1v) is 10.1. The van der Waals surface area contributed by atoms with Crippen molar-refractivity contribution in [2.75, 3.05) is 23.3 Å². The quantitative estimate of drug-likeness (QED) is 0.582. The fraction of sp³-hybridized carbons (Fsp3) is 0.273. The third-order valence-corrected chi connectivity index (χ3v) is 5.63. The number of rotatable bonds is 6. The van der Waals surface area contributed by atoms with E-state index in [4.69, 9.17) is 4.98 Å². The van der Waals surface area contributed by atoms with E-state index in [1.165, 1.54) is 5.56 Å². The van der Waals surface area contributed by atoms with Gasteiger partial charge in [-0.1, -0.05) is 0 Å². The van der Waals surface area contributed by atoms with Crippen molar-refractivity contribution in [3.8, 4) is 0 Å². The summed E-state index contributed by atoms with van der Waals surface area (Å²) in [4.78, 5) is 20.4. The van der Waals surface area contributed by atoms with Crippen molar-refractivity contribution in [2.45, 2.75) is 27.7 Å². The third-order valence-electron chi connectivity index (χ3n) is 4.64. The molecule has 0 aliphatic carbocycles. The van der Waals surface area contributed by atoms with Gasteiger partial charge >= 0.3 is 0 Å². The first kappa shape index (κ1) is 19.1. The molecule has 5 heteroatoms. The van der Waals surface area contributed by atoms with Crippen LogP contribution in [0.5, 0.6) is 0 Å². The van der Waals surface area contributed by atoms with Crippen molar-refractivity contribution in [2.24, 2.45) is 0 Å². The molecule has 0 spiro atoms. The molecule has 1 N–H and O–H groups in total. The molecule has 4 nitrogen and oxygen atoms in total. The van der Waals surface area contributed by atoms with Gasteiger partial charge in [0, 0.05) is 35.1 Å². The summed E-state index contributed by atoms with van der Waals surface area (Å²) in [6.45, 7) is 10.3. The minimum absolute atomic E-state index is 0.132. The molecular weight excluding hydrogens is 354 g/mol. The van der Waals surface area contributed by atoms with E-state index in [2.05, 4.69) is 37.1 Å². The molecule has 0 saturated carbocycles. The standard InChI is InChI=1S/C22H25N3OS/c1-5-25(6-2)21-13-16(4)18-14-17(7-8-19(18)24-21)23-22(26)10-9-20-15(3)11-12-27-20/h7-14H,5-6H2,1-4H3,(H,23,26)/b10-9+. The minimum atomic E-state index is -0.132. The Morgan fingerprint density at radius 2 is 1.93 bits per heavy atom. The zero-order valence-electron chi connectivity index (χ0n) is 16.2. The second kappa shape index (κ2) is 8.35. The molecule has 0 aliphatic heterocycles. The van der Waals surface area contributed by atoms with E-state index < -0.39 is 0 Å². The van der Waals surface area contributed by atoms with Crippen LogP contribution < -0.4 is 10.2 Å². The average Bonchev–Trinajstić information content (AvgIpc) is 3.06. The molecule has 140 valence electrons. The highest BCUT2D eigenvalue weighted by atomic mass is 32.1. The van der Waals surface area contributed by atoms with Gasteiger partial charge in [-0.3, -0.25) is 4.79 Å². The zero-order valence-corrected chi connectivity index (χ0v) is 17.1. The fourth-order valence-corrected chi connectivity index (χ4v) is 3.87. The highest BCUT2D eigenvalue weighted by Gasteiger charge is 2.09. The molecule has 0 aliphatic rings. The lowest BCUT2D eigenvalue weighted by Gasteiger charge is -2.21. The molecule has 0 fully saturated rings. The van der Waals surface area contributed by atoms with Gasteiger partial charge in [0.2, 0.25) is 5.91 Å². The number of thiophene rings is 1. The molecule has 0 unspecified atom stereocenters. The summed E-state index contributed by atoms with van der Waals surface area (Å²) < 4.78 is 0. The van der Waals surface area contributed by atoms with Crippen LogP contribution in [0.25, 0.3) is 17.0 Å². The maximum absolute atomic E-state index is 12.2. The lowest BCUT2D eigenvalue weighted by molar-refractivity contribution is -0.111.